The predicted molar refractivity (Wildman–Crippen MR) is 86.3 cm³/mol. The third-order valence-corrected chi connectivity index (χ3v) is 4.26. The van der Waals surface area contributed by atoms with Crippen LogP contribution >= 0.6 is 0 Å². The number of carbonyl (C=O) groups excluding carboxylic acids is 1. The highest BCUT2D eigenvalue weighted by molar-refractivity contribution is 5.71. The lowest BCUT2D eigenvalue weighted by Crippen LogP contribution is -2.14. The summed E-state index contributed by atoms with van der Waals surface area (Å²) in [5.41, 5.74) is 3.55. The van der Waals surface area contributed by atoms with Crippen molar-refractivity contribution in [1.29, 1.82) is 0 Å². The van der Waals surface area contributed by atoms with Crippen LogP contribution in [0.1, 0.15) is 23.1 Å². The summed E-state index contributed by atoms with van der Waals surface area (Å²) in [4.78, 5) is 11.9. The molecule has 0 unspecified atom stereocenters. The summed E-state index contributed by atoms with van der Waals surface area (Å²) in [6.45, 7) is 0.319. The number of rotatable bonds is 5. The molecule has 24 heavy (non-hydrogen) atoms. The molecule has 0 amide bonds. The maximum atomic E-state index is 11.9. The van der Waals surface area contributed by atoms with E-state index in [1.807, 2.05) is 30.3 Å². The van der Waals surface area contributed by atoms with E-state index in [9.17, 15) is 4.79 Å². The number of hydrogen-bond acceptors (Lipinski definition) is 5. The minimum absolute atomic E-state index is 0.0939. The van der Waals surface area contributed by atoms with Crippen LogP contribution in [0.4, 0.5) is 0 Å². The number of benzene rings is 2. The second kappa shape index (κ2) is 6.43. The Bertz CT molecular complexity index is 705. The van der Waals surface area contributed by atoms with Gasteiger partial charge in [0, 0.05) is 0 Å². The second-order valence-electron chi connectivity index (χ2n) is 5.92. The molecule has 1 heterocycles. The Balaban J connectivity index is 1.28. The first-order valence-electron chi connectivity index (χ1n) is 8.07. The molecule has 2 aromatic carbocycles. The number of aryl methyl sites for hydroxylation is 2. The lowest BCUT2D eigenvalue weighted by atomic mass is 10.1. The van der Waals surface area contributed by atoms with E-state index in [0.29, 0.717) is 11.5 Å². The van der Waals surface area contributed by atoms with Crippen molar-refractivity contribution < 1.29 is 23.7 Å². The van der Waals surface area contributed by atoms with Gasteiger partial charge in [0.2, 0.25) is 6.79 Å². The van der Waals surface area contributed by atoms with Crippen LogP contribution in [0.3, 0.4) is 0 Å². The van der Waals surface area contributed by atoms with Crippen molar-refractivity contribution >= 4 is 5.97 Å². The number of hydrogen-bond donors (Lipinski definition) is 0. The summed E-state index contributed by atoms with van der Waals surface area (Å²) < 4.78 is 21.3. The number of esters is 1. The van der Waals surface area contributed by atoms with E-state index in [-0.39, 0.29) is 20.0 Å². The highest BCUT2D eigenvalue weighted by atomic mass is 16.7. The molecule has 0 saturated heterocycles. The van der Waals surface area contributed by atoms with Gasteiger partial charge in [-0.25, -0.2) is 4.79 Å². The lowest BCUT2D eigenvalue weighted by Gasteiger charge is -2.09. The molecule has 0 atom stereocenters. The van der Waals surface area contributed by atoms with Crippen LogP contribution in [0.15, 0.2) is 36.4 Å². The largest absolute Gasteiger partial charge is 0.482 e. The van der Waals surface area contributed by atoms with Gasteiger partial charge in [-0.3, -0.25) is 0 Å². The summed E-state index contributed by atoms with van der Waals surface area (Å²) >= 11 is 0. The van der Waals surface area contributed by atoms with Gasteiger partial charge >= 0.3 is 5.97 Å². The van der Waals surface area contributed by atoms with Gasteiger partial charge in [0.25, 0.3) is 0 Å². The van der Waals surface area contributed by atoms with Crippen molar-refractivity contribution in [3.63, 3.8) is 0 Å². The van der Waals surface area contributed by atoms with Crippen LogP contribution < -0.4 is 14.2 Å². The van der Waals surface area contributed by atoms with Crippen LogP contribution in [-0.4, -0.2) is 19.4 Å². The summed E-state index contributed by atoms with van der Waals surface area (Å²) in [6, 6.07) is 11.5. The molecule has 0 saturated carbocycles. The van der Waals surface area contributed by atoms with Crippen LogP contribution in [0.2, 0.25) is 0 Å². The van der Waals surface area contributed by atoms with E-state index >= 15 is 0 Å². The molecule has 5 nitrogen and oxygen atoms in total. The van der Waals surface area contributed by atoms with Gasteiger partial charge in [0.15, 0.2) is 18.1 Å². The molecule has 2 aliphatic rings. The Labute approximate surface area is 140 Å². The van der Waals surface area contributed by atoms with Crippen molar-refractivity contribution in [3.8, 4) is 17.2 Å². The smallest absolute Gasteiger partial charge is 0.344 e. The summed E-state index contributed by atoms with van der Waals surface area (Å²) in [7, 11) is 0. The highest BCUT2D eigenvalue weighted by Gasteiger charge is 2.15. The lowest BCUT2D eigenvalue weighted by molar-refractivity contribution is -0.147. The molecule has 0 spiro atoms. The average Bonchev–Trinajstić information content (AvgIpc) is 3.25. The second-order valence-corrected chi connectivity index (χ2v) is 5.92. The summed E-state index contributed by atoms with van der Waals surface area (Å²) in [5, 5.41) is 0. The first-order chi connectivity index (χ1) is 11.8. The zero-order chi connectivity index (χ0) is 16.4. The maximum absolute atomic E-state index is 11.9. The fourth-order valence-electron chi connectivity index (χ4n) is 3.02. The molecular weight excluding hydrogens is 308 g/mol. The molecule has 124 valence electrons. The predicted octanol–water partition coefficient (Wildman–Crippen LogP) is 3.03. The minimum atomic E-state index is -0.395. The van der Waals surface area contributed by atoms with Gasteiger partial charge in [-0.15, -0.1) is 0 Å². The fourth-order valence-corrected chi connectivity index (χ4v) is 3.02. The van der Waals surface area contributed by atoms with Gasteiger partial charge in [0.1, 0.15) is 12.4 Å². The van der Waals surface area contributed by atoms with Crippen LogP contribution in [0.25, 0.3) is 0 Å². The van der Waals surface area contributed by atoms with Crippen LogP contribution in [-0.2, 0) is 29.0 Å². The Morgan fingerprint density at radius 2 is 1.88 bits per heavy atom. The average molecular weight is 326 g/mol. The first-order valence-corrected chi connectivity index (χ1v) is 8.07. The van der Waals surface area contributed by atoms with Crippen molar-refractivity contribution in [2.45, 2.75) is 25.9 Å². The van der Waals surface area contributed by atoms with Gasteiger partial charge < -0.3 is 18.9 Å². The zero-order valence-electron chi connectivity index (χ0n) is 13.2. The van der Waals surface area contributed by atoms with E-state index in [4.69, 9.17) is 18.9 Å². The maximum Gasteiger partial charge on any atom is 0.344 e. The van der Waals surface area contributed by atoms with Gasteiger partial charge in [-0.2, -0.15) is 0 Å². The standard InChI is InChI=1S/C19H18O5/c20-19(11-21-16-6-5-14-2-1-3-15(14)9-16)22-10-13-4-7-17-18(8-13)24-12-23-17/h4-9H,1-3,10-12H2. The molecule has 2 aromatic rings. The van der Waals surface area contributed by atoms with Crippen LogP contribution in [0, 0.1) is 0 Å². The molecule has 0 bridgehead atoms. The fraction of sp³-hybridized carbons (Fsp3) is 0.316. The Hall–Kier alpha value is -2.69. The van der Waals surface area contributed by atoms with E-state index < -0.39 is 5.97 Å². The van der Waals surface area contributed by atoms with Gasteiger partial charge in [-0.1, -0.05) is 12.1 Å². The molecule has 0 fully saturated rings. The number of fused-ring (bicyclic) bond motifs is 2. The number of carbonyl (C=O) groups is 1. The summed E-state index contributed by atoms with van der Waals surface area (Å²) in [5.74, 6) is 1.71. The van der Waals surface area contributed by atoms with E-state index in [2.05, 4.69) is 6.07 Å². The first kappa shape index (κ1) is 14.9. The van der Waals surface area contributed by atoms with Gasteiger partial charge in [-0.05, 0) is 60.2 Å². The quantitative estimate of drug-likeness (QED) is 0.791. The minimum Gasteiger partial charge on any atom is -0.482 e. The van der Waals surface area contributed by atoms with Crippen molar-refractivity contribution in [1.82, 2.24) is 0 Å². The molecule has 1 aliphatic heterocycles. The third kappa shape index (κ3) is 3.15. The number of ether oxygens (including phenoxy) is 4. The van der Waals surface area contributed by atoms with E-state index in [1.165, 1.54) is 17.5 Å². The molecule has 5 heteroatoms. The van der Waals surface area contributed by atoms with Crippen molar-refractivity contribution in [2.24, 2.45) is 0 Å². The Kier molecular flexibility index (Phi) is 3.99. The molecule has 0 radical (unpaired) electrons. The van der Waals surface area contributed by atoms with E-state index in [0.717, 1.165) is 24.2 Å². The molecule has 4 rings (SSSR count). The molecular formula is C19H18O5. The monoisotopic (exact) mass is 326 g/mol. The van der Waals surface area contributed by atoms with Gasteiger partial charge in [0.05, 0.1) is 0 Å². The van der Waals surface area contributed by atoms with Crippen molar-refractivity contribution in [3.05, 3.63) is 53.1 Å². The zero-order valence-corrected chi connectivity index (χ0v) is 13.2. The highest BCUT2D eigenvalue weighted by Crippen LogP contribution is 2.32. The Morgan fingerprint density at radius 1 is 1.00 bits per heavy atom. The molecule has 0 N–H and O–H groups in total. The summed E-state index contributed by atoms with van der Waals surface area (Å²) in [6.07, 6.45) is 3.41. The normalized spacial score (nSPS) is 14.3. The molecule has 1 aliphatic carbocycles. The van der Waals surface area contributed by atoms with Crippen LogP contribution in [0.5, 0.6) is 17.2 Å². The Morgan fingerprint density at radius 3 is 2.83 bits per heavy atom. The molecule has 0 aromatic heterocycles. The SMILES string of the molecule is O=C(COc1ccc2c(c1)CCC2)OCc1ccc2c(c1)OCO2. The van der Waals surface area contributed by atoms with E-state index in [1.54, 1.807) is 0 Å². The third-order valence-electron chi connectivity index (χ3n) is 4.26. The topological polar surface area (TPSA) is 54.0 Å². The van der Waals surface area contributed by atoms with Crippen molar-refractivity contribution in [2.75, 3.05) is 13.4 Å².